The largest absolute Gasteiger partial charge is 0.354 e. The zero-order chi connectivity index (χ0) is 20.3. The van der Waals surface area contributed by atoms with Crippen molar-refractivity contribution in [3.8, 4) is 0 Å². The quantitative estimate of drug-likeness (QED) is 0.839. The van der Waals surface area contributed by atoms with E-state index in [1.807, 2.05) is 30.0 Å². The number of sulfonamides is 1. The van der Waals surface area contributed by atoms with Gasteiger partial charge in [-0.15, -0.1) is 4.40 Å². The summed E-state index contributed by atoms with van der Waals surface area (Å²) in [6.45, 7) is 8.98. The standard InChI is InChI=1S/C20H28N4O3S/c1-15(2)14-21-20(25)24-11-7-10-23(12-13-24)19-16(3)18(28(26,27)22-19)17-8-5-4-6-9-17/h4-6,8-9,15H,7,10-14H2,1-3H3,(H,21,25). The van der Waals surface area contributed by atoms with E-state index in [0.717, 1.165) is 6.42 Å². The molecule has 2 amide bonds. The van der Waals surface area contributed by atoms with Gasteiger partial charge in [-0.25, -0.2) is 4.79 Å². The first-order valence-corrected chi connectivity index (χ1v) is 11.1. The molecule has 2 aliphatic heterocycles. The van der Waals surface area contributed by atoms with Crippen LogP contribution < -0.4 is 5.32 Å². The van der Waals surface area contributed by atoms with E-state index in [9.17, 15) is 13.2 Å². The first-order chi connectivity index (χ1) is 13.3. The van der Waals surface area contributed by atoms with E-state index in [2.05, 4.69) is 23.6 Å². The van der Waals surface area contributed by atoms with Gasteiger partial charge >= 0.3 is 6.03 Å². The summed E-state index contributed by atoms with van der Waals surface area (Å²) < 4.78 is 29.4. The molecular formula is C20H28N4O3S. The molecule has 152 valence electrons. The van der Waals surface area contributed by atoms with Crippen molar-refractivity contribution in [1.29, 1.82) is 0 Å². The summed E-state index contributed by atoms with van der Waals surface area (Å²) in [5.41, 5.74) is 1.33. The molecule has 0 unspecified atom stereocenters. The number of carbonyl (C=O) groups is 1. The Hall–Kier alpha value is -2.35. The minimum Gasteiger partial charge on any atom is -0.354 e. The van der Waals surface area contributed by atoms with Gasteiger partial charge in [-0.05, 0) is 24.8 Å². The first-order valence-electron chi connectivity index (χ1n) is 9.69. The fourth-order valence-corrected chi connectivity index (χ4v) is 4.99. The Bertz CT molecular complexity index is 891. The third kappa shape index (κ3) is 4.38. The zero-order valence-corrected chi connectivity index (χ0v) is 17.5. The van der Waals surface area contributed by atoms with Gasteiger partial charge in [-0.1, -0.05) is 44.2 Å². The van der Waals surface area contributed by atoms with Gasteiger partial charge in [-0.2, -0.15) is 8.42 Å². The molecule has 8 heteroatoms. The second-order valence-electron chi connectivity index (χ2n) is 7.62. The van der Waals surface area contributed by atoms with Gasteiger partial charge in [0.25, 0.3) is 10.0 Å². The highest BCUT2D eigenvalue weighted by atomic mass is 32.2. The molecule has 2 heterocycles. The molecule has 0 atom stereocenters. The van der Waals surface area contributed by atoms with Crippen molar-refractivity contribution in [2.75, 3.05) is 32.7 Å². The number of carbonyl (C=O) groups excluding carboxylic acids is 1. The van der Waals surface area contributed by atoms with Crippen LogP contribution >= 0.6 is 0 Å². The summed E-state index contributed by atoms with van der Waals surface area (Å²) in [5, 5.41) is 2.95. The lowest BCUT2D eigenvalue weighted by molar-refractivity contribution is 0.199. The molecule has 7 nitrogen and oxygen atoms in total. The SMILES string of the molecule is CC1=C(c2ccccc2)S(=O)(=O)N=C1N1CCCN(C(=O)NCC(C)C)CC1. The van der Waals surface area contributed by atoms with Crippen LogP contribution in [0.3, 0.4) is 0 Å². The molecule has 0 aliphatic carbocycles. The van der Waals surface area contributed by atoms with E-state index in [4.69, 9.17) is 0 Å². The van der Waals surface area contributed by atoms with Crippen LogP contribution in [0.4, 0.5) is 4.79 Å². The molecule has 1 fully saturated rings. The van der Waals surface area contributed by atoms with E-state index >= 15 is 0 Å². The number of hydrogen-bond acceptors (Lipinski definition) is 4. The van der Waals surface area contributed by atoms with Crippen LogP contribution in [0.25, 0.3) is 4.91 Å². The average Bonchev–Trinajstić information content (AvgIpc) is 2.82. The number of hydrogen-bond donors (Lipinski definition) is 1. The summed E-state index contributed by atoms with van der Waals surface area (Å²) in [6, 6.07) is 9.02. The minimum absolute atomic E-state index is 0.0613. The normalized spacial score (nSPS) is 19.6. The number of urea groups is 1. The fraction of sp³-hybridized carbons (Fsp3) is 0.500. The second kappa shape index (κ2) is 8.34. The van der Waals surface area contributed by atoms with Gasteiger partial charge in [0.05, 0.1) is 0 Å². The maximum atomic E-state index is 12.7. The van der Waals surface area contributed by atoms with Crippen LogP contribution in [0.1, 0.15) is 32.8 Å². The molecule has 0 saturated carbocycles. The van der Waals surface area contributed by atoms with Gasteiger partial charge in [0, 0.05) is 38.3 Å². The predicted octanol–water partition coefficient (Wildman–Crippen LogP) is 2.53. The summed E-state index contributed by atoms with van der Waals surface area (Å²) in [4.78, 5) is 16.4. The van der Waals surface area contributed by atoms with Crippen molar-refractivity contribution in [2.45, 2.75) is 27.2 Å². The predicted molar refractivity (Wildman–Crippen MR) is 111 cm³/mol. The summed E-state index contributed by atoms with van der Waals surface area (Å²) in [7, 11) is -3.71. The van der Waals surface area contributed by atoms with Crippen molar-refractivity contribution in [1.82, 2.24) is 15.1 Å². The lowest BCUT2D eigenvalue weighted by Crippen LogP contribution is -2.43. The monoisotopic (exact) mass is 404 g/mol. The highest BCUT2D eigenvalue weighted by Crippen LogP contribution is 2.33. The molecule has 28 heavy (non-hydrogen) atoms. The lowest BCUT2D eigenvalue weighted by atomic mass is 10.1. The smallest absolute Gasteiger partial charge is 0.317 e. The highest BCUT2D eigenvalue weighted by molar-refractivity contribution is 8.00. The Morgan fingerprint density at radius 1 is 1.14 bits per heavy atom. The van der Waals surface area contributed by atoms with E-state index < -0.39 is 10.0 Å². The molecule has 1 N–H and O–H groups in total. The van der Waals surface area contributed by atoms with E-state index in [1.54, 1.807) is 17.0 Å². The number of amides is 2. The Morgan fingerprint density at radius 2 is 1.86 bits per heavy atom. The topological polar surface area (TPSA) is 82.1 Å². The third-order valence-corrected chi connectivity index (χ3v) is 6.39. The fourth-order valence-electron chi connectivity index (χ4n) is 3.51. The molecule has 3 rings (SSSR count). The van der Waals surface area contributed by atoms with Crippen LogP contribution in [-0.4, -0.2) is 62.8 Å². The van der Waals surface area contributed by atoms with Gasteiger partial charge in [0.1, 0.15) is 10.7 Å². The Labute approximate surface area is 167 Å². The number of nitrogens with one attached hydrogen (secondary N) is 1. The van der Waals surface area contributed by atoms with Gasteiger partial charge in [0.2, 0.25) is 0 Å². The molecule has 0 spiro atoms. The molecular weight excluding hydrogens is 376 g/mol. The van der Waals surface area contributed by atoms with Crippen LogP contribution in [0.15, 0.2) is 40.3 Å². The van der Waals surface area contributed by atoms with Crippen molar-refractivity contribution in [3.05, 3.63) is 41.5 Å². The number of benzene rings is 1. The van der Waals surface area contributed by atoms with E-state index in [1.165, 1.54) is 0 Å². The number of nitrogens with zero attached hydrogens (tertiary/aromatic N) is 3. The van der Waals surface area contributed by atoms with Crippen LogP contribution in [0.5, 0.6) is 0 Å². The summed E-state index contributed by atoms with van der Waals surface area (Å²) >= 11 is 0. The minimum atomic E-state index is -3.71. The maximum Gasteiger partial charge on any atom is 0.317 e. The molecule has 2 aliphatic rings. The molecule has 0 bridgehead atoms. The van der Waals surface area contributed by atoms with Crippen molar-refractivity contribution >= 4 is 26.8 Å². The molecule has 0 radical (unpaired) electrons. The Kier molecular flexibility index (Phi) is 6.07. The van der Waals surface area contributed by atoms with Crippen LogP contribution in [0, 0.1) is 5.92 Å². The van der Waals surface area contributed by atoms with Gasteiger partial charge < -0.3 is 15.1 Å². The van der Waals surface area contributed by atoms with Gasteiger partial charge in [0.15, 0.2) is 0 Å². The van der Waals surface area contributed by atoms with Gasteiger partial charge in [-0.3, -0.25) is 0 Å². The van der Waals surface area contributed by atoms with E-state index in [0.29, 0.717) is 55.6 Å². The van der Waals surface area contributed by atoms with Crippen LogP contribution in [0.2, 0.25) is 0 Å². The average molecular weight is 405 g/mol. The van der Waals surface area contributed by atoms with Crippen LogP contribution in [-0.2, 0) is 10.0 Å². The van der Waals surface area contributed by atoms with E-state index in [-0.39, 0.29) is 10.9 Å². The lowest BCUT2D eigenvalue weighted by Gasteiger charge is -2.24. The Balaban J connectivity index is 1.76. The molecule has 0 aromatic heterocycles. The third-order valence-electron chi connectivity index (χ3n) is 4.92. The van der Waals surface area contributed by atoms with Crippen molar-refractivity contribution in [3.63, 3.8) is 0 Å². The molecule has 1 aromatic carbocycles. The maximum absolute atomic E-state index is 12.7. The first kappa shape index (κ1) is 20.4. The number of amidine groups is 1. The van der Waals surface area contributed by atoms with Crippen molar-refractivity contribution < 1.29 is 13.2 Å². The number of rotatable bonds is 3. The summed E-state index contributed by atoms with van der Waals surface area (Å²) in [6.07, 6.45) is 0.766. The molecule has 1 saturated heterocycles. The van der Waals surface area contributed by atoms with Crippen molar-refractivity contribution in [2.24, 2.45) is 10.3 Å². The second-order valence-corrected chi connectivity index (χ2v) is 9.16. The molecule has 1 aromatic rings. The Morgan fingerprint density at radius 3 is 2.54 bits per heavy atom. The summed E-state index contributed by atoms with van der Waals surface area (Å²) in [5.74, 6) is 0.901. The zero-order valence-electron chi connectivity index (χ0n) is 16.7. The highest BCUT2D eigenvalue weighted by Gasteiger charge is 2.34.